The maximum atomic E-state index is 6.07. The van der Waals surface area contributed by atoms with Gasteiger partial charge in [0.15, 0.2) is 0 Å². The normalized spacial score (nSPS) is 10.9. The molecule has 0 fully saturated rings. The topological polar surface area (TPSA) is 0 Å². The molecule has 0 spiro atoms. The van der Waals surface area contributed by atoms with E-state index >= 15 is 0 Å². The van der Waals surface area contributed by atoms with Gasteiger partial charge >= 0.3 is 0 Å². The van der Waals surface area contributed by atoms with Gasteiger partial charge in [-0.2, -0.15) is 0 Å². The standard InChI is InChI=1S/C8H3ClI2S/c9-4-1-2-5(10)8-7(4)6(11)3-12-8/h1-3H. The van der Waals surface area contributed by atoms with Crippen LogP contribution >= 0.6 is 68.1 Å². The zero-order valence-electron chi connectivity index (χ0n) is 5.77. The predicted molar refractivity (Wildman–Crippen MR) is 72.3 cm³/mol. The summed E-state index contributed by atoms with van der Waals surface area (Å²) in [5, 5.41) is 4.20. The van der Waals surface area contributed by atoms with Crippen LogP contribution in [0, 0.1) is 7.14 Å². The third-order valence-electron chi connectivity index (χ3n) is 1.58. The van der Waals surface area contributed by atoms with E-state index in [1.807, 2.05) is 6.07 Å². The third kappa shape index (κ3) is 1.49. The van der Waals surface area contributed by atoms with Gasteiger partial charge in [0.25, 0.3) is 0 Å². The molecular formula is C8H3ClI2S. The maximum absolute atomic E-state index is 6.07. The van der Waals surface area contributed by atoms with Crippen molar-refractivity contribution in [1.82, 2.24) is 0 Å². The molecule has 0 amide bonds. The quantitative estimate of drug-likeness (QED) is 0.539. The Balaban J connectivity index is 2.98. The van der Waals surface area contributed by atoms with Crippen LogP contribution < -0.4 is 0 Å². The summed E-state index contributed by atoms with van der Waals surface area (Å²) in [6.45, 7) is 0. The van der Waals surface area contributed by atoms with Crippen molar-refractivity contribution < 1.29 is 0 Å². The van der Waals surface area contributed by atoms with Gasteiger partial charge in [-0.3, -0.25) is 0 Å². The summed E-state index contributed by atoms with van der Waals surface area (Å²) >= 11 is 12.5. The van der Waals surface area contributed by atoms with E-state index in [1.54, 1.807) is 11.3 Å². The molecule has 2 rings (SSSR count). The molecule has 0 aliphatic heterocycles. The Kier molecular flexibility index (Phi) is 2.84. The minimum atomic E-state index is 0.857. The van der Waals surface area contributed by atoms with E-state index in [-0.39, 0.29) is 0 Å². The second-order valence-electron chi connectivity index (χ2n) is 2.32. The van der Waals surface area contributed by atoms with Crippen molar-refractivity contribution in [2.24, 2.45) is 0 Å². The van der Waals surface area contributed by atoms with E-state index in [0.29, 0.717) is 0 Å². The van der Waals surface area contributed by atoms with Gasteiger partial charge in [0.05, 0.1) is 9.72 Å². The van der Waals surface area contributed by atoms with Gasteiger partial charge in [0.1, 0.15) is 0 Å². The number of rotatable bonds is 0. The molecule has 1 heterocycles. The minimum Gasteiger partial charge on any atom is -0.142 e. The Labute approximate surface area is 107 Å². The van der Waals surface area contributed by atoms with Crippen LogP contribution in [0.25, 0.3) is 10.1 Å². The summed E-state index contributed by atoms with van der Waals surface area (Å²) in [6.07, 6.45) is 0. The highest BCUT2D eigenvalue weighted by Crippen LogP contribution is 2.35. The molecule has 0 aliphatic carbocycles. The Morgan fingerprint density at radius 2 is 1.92 bits per heavy atom. The second kappa shape index (κ2) is 3.59. The van der Waals surface area contributed by atoms with Crippen LogP contribution in [0.5, 0.6) is 0 Å². The highest BCUT2D eigenvalue weighted by Gasteiger charge is 2.07. The number of fused-ring (bicyclic) bond motifs is 1. The SMILES string of the molecule is Clc1ccc(I)c2scc(I)c12. The first-order valence-electron chi connectivity index (χ1n) is 3.21. The van der Waals surface area contributed by atoms with Gasteiger partial charge in [-0.25, -0.2) is 0 Å². The molecule has 0 bridgehead atoms. The van der Waals surface area contributed by atoms with E-state index in [1.165, 1.54) is 17.2 Å². The van der Waals surface area contributed by atoms with Crippen LogP contribution in [-0.4, -0.2) is 0 Å². The van der Waals surface area contributed by atoms with Crippen molar-refractivity contribution in [3.05, 3.63) is 29.7 Å². The maximum Gasteiger partial charge on any atom is 0.0504 e. The lowest BCUT2D eigenvalue weighted by atomic mass is 10.3. The molecule has 0 saturated carbocycles. The van der Waals surface area contributed by atoms with Crippen LogP contribution in [0.3, 0.4) is 0 Å². The lowest BCUT2D eigenvalue weighted by Crippen LogP contribution is -1.73. The van der Waals surface area contributed by atoms with Crippen molar-refractivity contribution in [3.63, 3.8) is 0 Å². The average molecular weight is 420 g/mol. The highest BCUT2D eigenvalue weighted by molar-refractivity contribution is 14.1. The Hall–Kier alpha value is 0.930. The summed E-state index contributed by atoms with van der Waals surface area (Å²) in [6, 6.07) is 4.01. The van der Waals surface area contributed by atoms with Gasteiger partial charge in [-0.15, -0.1) is 11.3 Å². The van der Waals surface area contributed by atoms with E-state index in [9.17, 15) is 0 Å². The molecule has 1 aromatic carbocycles. The Bertz CT molecular complexity index is 436. The molecule has 0 atom stereocenters. The first-order chi connectivity index (χ1) is 5.70. The fourth-order valence-corrected chi connectivity index (χ4v) is 4.33. The lowest BCUT2D eigenvalue weighted by molar-refractivity contribution is 1.77. The van der Waals surface area contributed by atoms with Gasteiger partial charge < -0.3 is 0 Å². The minimum absolute atomic E-state index is 0.857. The fourth-order valence-electron chi connectivity index (χ4n) is 1.04. The van der Waals surface area contributed by atoms with E-state index in [0.717, 1.165) is 5.02 Å². The fraction of sp³-hybridized carbons (Fsp3) is 0. The van der Waals surface area contributed by atoms with Crippen LogP contribution in [0.15, 0.2) is 17.5 Å². The van der Waals surface area contributed by atoms with Gasteiger partial charge in [-0.1, -0.05) is 11.6 Å². The van der Waals surface area contributed by atoms with Crippen LogP contribution in [-0.2, 0) is 0 Å². The number of hydrogen-bond donors (Lipinski definition) is 0. The van der Waals surface area contributed by atoms with Crippen LogP contribution in [0.4, 0.5) is 0 Å². The number of benzene rings is 1. The number of hydrogen-bond acceptors (Lipinski definition) is 1. The van der Waals surface area contributed by atoms with E-state index in [4.69, 9.17) is 11.6 Å². The van der Waals surface area contributed by atoms with Crippen molar-refractivity contribution in [2.75, 3.05) is 0 Å². The first kappa shape index (κ1) is 9.48. The molecule has 0 saturated heterocycles. The summed E-state index contributed by atoms with van der Waals surface area (Å²) in [5.74, 6) is 0. The van der Waals surface area contributed by atoms with Gasteiger partial charge in [0, 0.05) is 17.9 Å². The molecule has 1 aromatic heterocycles. The molecule has 62 valence electrons. The van der Waals surface area contributed by atoms with E-state index in [2.05, 4.69) is 56.6 Å². The van der Waals surface area contributed by atoms with Crippen molar-refractivity contribution in [1.29, 1.82) is 0 Å². The Morgan fingerprint density at radius 1 is 1.17 bits per heavy atom. The smallest absolute Gasteiger partial charge is 0.0504 e. The molecule has 4 heteroatoms. The largest absolute Gasteiger partial charge is 0.142 e. The summed E-state index contributed by atoms with van der Waals surface area (Å²) in [5.41, 5.74) is 0. The molecule has 0 N–H and O–H groups in total. The van der Waals surface area contributed by atoms with Crippen molar-refractivity contribution in [3.8, 4) is 0 Å². The van der Waals surface area contributed by atoms with Gasteiger partial charge in [0.2, 0.25) is 0 Å². The first-order valence-corrected chi connectivity index (χ1v) is 6.62. The predicted octanol–water partition coefficient (Wildman–Crippen LogP) is 4.76. The second-order valence-corrected chi connectivity index (χ2v) is 5.93. The summed E-state index contributed by atoms with van der Waals surface area (Å²) < 4.78 is 3.82. The summed E-state index contributed by atoms with van der Waals surface area (Å²) in [7, 11) is 0. The zero-order chi connectivity index (χ0) is 8.72. The molecule has 0 unspecified atom stereocenters. The van der Waals surface area contributed by atoms with Gasteiger partial charge in [-0.05, 0) is 57.3 Å². The molecule has 0 nitrogen and oxygen atoms in total. The summed E-state index contributed by atoms with van der Waals surface area (Å²) in [4.78, 5) is 0. The average Bonchev–Trinajstić information content (AvgIpc) is 2.42. The molecule has 12 heavy (non-hydrogen) atoms. The van der Waals surface area contributed by atoms with Crippen molar-refractivity contribution >= 4 is 78.2 Å². The highest BCUT2D eigenvalue weighted by atomic mass is 127. The Morgan fingerprint density at radius 3 is 2.58 bits per heavy atom. The monoisotopic (exact) mass is 420 g/mol. The zero-order valence-corrected chi connectivity index (χ0v) is 11.7. The van der Waals surface area contributed by atoms with Crippen LogP contribution in [0.1, 0.15) is 0 Å². The molecule has 2 aromatic rings. The van der Waals surface area contributed by atoms with E-state index < -0.39 is 0 Å². The number of halogens is 3. The number of thiophene rings is 1. The van der Waals surface area contributed by atoms with Crippen LogP contribution in [0.2, 0.25) is 5.02 Å². The third-order valence-corrected chi connectivity index (χ3v) is 5.44. The lowest BCUT2D eigenvalue weighted by Gasteiger charge is -1.96. The molecular weight excluding hydrogens is 417 g/mol. The molecule has 0 aliphatic rings. The molecule has 0 radical (unpaired) electrons. The van der Waals surface area contributed by atoms with Crippen molar-refractivity contribution in [2.45, 2.75) is 0 Å².